The number of aliphatic imine (C=N–C) groups is 1. The van der Waals surface area contributed by atoms with Crippen molar-refractivity contribution in [2.75, 3.05) is 13.1 Å². The molecule has 0 unspecified atom stereocenters. The number of amides is 2. The number of primary amides is 1. The summed E-state index contributed by atoms with van der Waals surface area (Å²) in [6, 6.07) is 8.00. The highest BCUT2D eigenvalue weighted by Gasteiger charge is 2.32. The maximum Gasteiger partial charge on any atom is 0.416 e. The Kier molecular flexibility index (Phi) is 5.65. The Balaban J connectivity index is 1.46. The van der Waals surface area contributed by atoms with Crippen molar-refractivity contribution in [1.82, 2.24) is 4.90 Å². The number of carbonyl (C=O) groups is 2. The van der Waals surface area contributed by atoms with Crippen molar-refractivity contribution in [2.24, 2.45) is 16.6 Å². The van der Waals surface area contributed by atoms with Gasteiger partial charge in [-0.2, -0.15) is 18.2 Å². The quantitative estimate of drug-likeness (QED) is 0.712. The first-order chi connectivity index (χ1) is 14.7. The number of furan rings is 1. The highest BCUT2D eigenvalue weighted by molar-refractivity contribution is 8.18. The molecule has 6 nitrogen and oxygen atoms in total. The predicted molar refractivity (Wildman–Crippen MR) is 111 cm³/mol. The van der Waals surface area contributed by atoms with E-state index in [0.29, 0.717) is 47.3 Å². The molecule has 10 heteroatoms. The predicted octanol–water partition coefficient (Wildman–Crippen LogP) is 4.13. The van der Waals surface area contributed by atoms with E-state index in [4.69, 9.17) is 10.2 Å². The van der Waals surface area contributed by atoms with Crippen LogP contribution in [0.15, 0.2) is 50.7 Å². The molecular weight excluding hydrogens is 431 g/mol. The minimum Gasteiger partial charge on any atom is -0.457 e. The molecule has 1 aromatic carbocycles. The van der Waals surface area contributed by atoms with Crippen LogP contribution in [0.1, 0.15) is 24.2 Å². The molecule has 0 saturated carbocycles. The van der Waals surface area contributed by atoms with E-state index in [-0.39, 0.29) is 17.6 Å². The van der Waals surface area contributed by atoms with Gasteiger partial charge >= 0.3 is 6.18 Å². The van der Waals surface area contributed by atoms with Gasteiger partial charge in [0.15, 0.2) is 5.17 Å². The molecule has 4 rings (SSSR count). The van der Waals surface area contributed by atoms with Gasteiger partial charge in [-0.3, -0.25) is 9.59 Å². The fourth-order valence-electron chi connectivity index (χ4n) is 3.45. The summed E-state index contributed by atoms with van der Waals surface area (Å²) < 4.78 is 44.4. The highest BCUT2D eigenvalue weighted by atomic mass is 32.2. The zero-order chi connectivity index (χ0) is 22.2. The fraction of sp³-hybridized carbons (Fsp3) is 0.286. The number of amidine groups is 1. The molecule has 2 aromatic rings. The van der Waals surface area contributed by atoms with Crippen LogP contribution in [0, 0.1) is 5.92 Å². The first kappa shape index (κ1) is 21.2. The summed E-state index contributed by atoms with van der Waals surface area (Å²) in [5.74, 6) is -0.276. The van der Waals surface area contributed by atoms with E-state index in [0.717, 1.165) is 12.1 Å². The van der Waals surface area contributed by atoms with Crippen molar-refractivity contribution in [3.63, 3.8) is 0 Å². The molecule has 1 aromatic heterocycles. The van der Waals surface area contributed by atoms with Gasteiger partial charge in [0, 0.05) is 30.6 Å². The third-order valence-electron chi connectivity index (χ3n) is 5.15. The summed E-state index contributed by atoms with van der Waals surface area (Å²) in [5, 5.41) is 0.559. The van der Waals surface area contributed by atoms with Crippen LogP contribution in [0.2, 0.25) is 0 Å². The molecular formula is C21H18F3N3O3S. The van der Waals surface area contributed by atoms with Crippen molar-refractivity contribution in [1.29, 1.82) is 0 Å². The van der Waals surface area contributed by atoms with E-state index in [2.05, 4.69) is 4.99 Å². The van der Waals surface area contributed by atoms with Gasteiger partial charge in [0.05, 0.1) is 10.5 Å². The lowest BCUT2D eigenvalue weighted by Crippen LogP contribution is -2.40. The average molecular weight is 449 g/mol. The molecule has 0 atom stereocenters. The SMILES string of the molecule is NC(=O)C1CCN(C2=NC(=O)/C(=C\c3ccc(-c4cccc(C(F)(F)F)c4)o3)S2)CC1. The average Bonchev–Trinajstić information content (AvgIpc) is 3.35. The number of thioether (sulfide) groups is 1. The van der Waals surface area contributed by atoms with Crippen molar-refractivity contribution in [3.8, 4) is 11.3 Å². The van der Waals surface area contributed by atoms with Gasteiger partial charge in [-0.05, 0) is 48.9 Å². The van der Waals surface area contributed by atoms with E-state index in [1.165, 1.54) is 30.0 Å². The van der Waals surface area contributed by atoms with Crippen LogP contribution < -0.4 is 5.73 Å². The lowest BCUT2D eigenvalue weighted by Gasteiger charge is -2.31. The Labute approximate surface area is 180 Å². The van der Waals surface area contributed by atoms with E-state index in [9.17, 15) is 22.8 Å². The summed E-state index contributed by atoms with van der Waals surface area (Å²) in [7, 11) is 0. The number of nitrogens with two attached hydrogens (primary N) is 1. The Morgan fingerprint density at radius 2 is 1.97 bits per heavy atom. The molecule has 0 radical (unpaired) electrons. The molecule has 162 valence electrons. The van der Waals surface area contributed by atoms with Crippen LogP contribution in [0.25, 0.3) is 17.4 Å². The summed E-state index contributed by atoms with van der Waals surface area (Å²) in [4.78, 5) is 30.0. The third-order valence-corrected chi connectivity index (χ3v) is 6.20. The number of halogens is 3. The van der Waals surface area contributed by atoms with Crippen molar-refractivity contribution in [3.05, 3.63) is 52.6 Å². The Bertz CT molecular complexity index is 1080. The summed E-state index contributed by atoms with van der Waals surface area (Å²) in [6.07, 6.45) is -1.70. The van der Waals surface area contributed by atoms with Gasteiger partial charge in [-0.25, -0.2) is 0 Å². The lowest BCUT2D eigenvalue weighted by atomic mass is 9.97. The largest absolute Gasteiger partial charge is 0.457 e. The van der Waals surface area contributed by atoms with E-state index in [1.807, 2.05) is 4.90 Å². The smallest absolute Gasteiger partial charge is 0.416 e. The number of carbonyl (C=O) groups excluding carboxylic acids is 2. The first-order valence-electron chi connectivity index (χ1n) is 9.55. The molecule has 0 spiro atoms. The van der Waals surface area contributed by atoms with Crippen LogP contribution in [0.3, 0.4) is 0 Å². The van der Waals surface area contributed by atoms with Crippen molar-refractivity contribution < 1.29 is 27.2 Å². The van der Waals surface area contributed by atoms with E-state index >= 15 is 0 Å². The standard InChI is InChI=1S/C21H18F3N3O3S/c22-21(23,24)14-3-1-2-13(10-14)16-5-4-15(30-16)11-17-19(29)26-20(31-17)27-8-6-12(7-9-27)18(25)28/h1-5,10-12H,6-9H2,(H2,25,28)/b17-11+. The molecule has 2 aliphatic rings. The van der Waals surface area contributed by atoms with Gasteiger partial charge in [-0.1, -0.05) is 12.1 Å². The number of alkyl halides is 3. The summed E-state index contributed by atoms with van der Waals surface area (Å²) >= 11 is 1.20. The summed E-state index contributed by atoms with van der Waals surface area (Å²) in [6.45, 7) is 1.17. The van der Waals surface area contributed by atoms with Gasteiger partial charge in [0.2, 0.25) is 5.91 Å². The van der Waals surface area contributed by atoms with Crippen molar-refractivity contribution >= 4 is 34.8 Å². The van der Waals surface area contributed by atoms with Crippen LogP contribution in [-0.2, 0) is 15.8 Å². The molecule has 1 saturated heterocycles. The minimum absolute atomic E-state index is 0.161. The molecule has 31 heavy (non-hydrogen) atoms. The zero-order valence-corrected chi connectivity index (χ0v) is 17.0. The number of hydrogen-bond acceptors (Lipinski definition) is 5. The molecule has 2 aliphatic heterocycles. The van der Waals surface area contributed by atoms with Gasteiger partial charge < -0.3 is 15.1 Å². The first-order valence-corrected chi connectivity index (χ1v) is 10.4. The maximum atomic E-state index is 12.9. The molecule has 3 heterocycles. The lowest BCUT2D eigenvalue weighted by molar-refractivity contribution is -0.137. The van der Waals surface area contributed by atoms with E-state index < -0.39 is 17.6 Å². The number of benzene rings is 1. The van der Waals surface area contributed by atoms with Crippen LogP contribution in [-0.4, -0.2) is 35.0 Å². The molecule has 1 fully saturated rings. The van der Waals surface area contributed by atoms with Crippen LogP contribution in [0.5, 0.6) is 0 Å². The monoisotopic (exact) mass is 449 g/mol. The second-order valence-electron chi connectivity index (χ2n) is 7.25. The Morgan fingerprint density at radius 3 is 2.65 bits per heavy atom. The van der Waals surface area contributed by atoms with Gasteiger partial charge in [0.1, 0.15) is 11.5 Å². The fourth-order valence-corrected chi connectivity index (χ4v) is 4.40. The topological polar surface area (TPSA) is 88.9 Å². The third kappa shape index (κ3) is 4.68. The van der Waals surface area contributed by atoms with Gasteiger partial charge in [0.25, 0.3) is 5.91 Å². The zero-order valence-electron chi connectivity index (χ0n) is 16.2. The number of rotatable bonds is 3. The van der Waals surface area contributed by atoms with Crippen LogP contribution in [0.4, 0.5) is 13.2 Å². The van der Waals surface area contributed by atoms with Crippen molar-refractivity contribution in [2.45, 2.75) is 19.0 Å². The normalized spacial score (nSPS) is 19.2. The molecule has 2 amide bonds. The maximum absolute atomic E-state index is 12.9. The Morgan fingerprint density at radius 1 is 1.23 bits per heavy atom. The number of nitrogens with zero attached hydrogens (tertiary/aromatic N) is 2. The number of likely N-dealkylation sites (tertiary alicyclic amines) is 1. The number of piperidine rings is 1. The molecule has 0 bridgehead atoms. The second-order valence-corrected chi connectivity index (χ2v) is 8.26. The van der Waals surface area contributed by atoms with Crippen LogP contribution >= 0.6 is 11.8 Å². The minimum atomic E-state index is -4.44. The Hall–Kier alpha value is -3.01. The second kappa shape index (κ2) is 8.26. The highest BCUT2D eigenvalue weighted by Crippen LogP contribution is 2.35. The molecule has 0 aliphatic carbocycles. The summed E-state index contributed by atoms with van der Waals surface area (Å²) in [5.41, 5.74) is 4.88. The van der Waals surface area contributed by atoms with E-state index in [1.54, 1.807) is 12.1 Å². The van der Waals surface area contributed by atoms with Gasteiger partial charge in [-0.15, -0.1) is 0 Å². The molecule has 2 N–H and O–H groups in total. The number of hydrogen-bond donors (Lipinski definition) is 1.